The summed E-state index contributed by atoms with van der Waals surface area (Å²) >= 11 is 0. The summed E-state index contributed by atoms with van der Waals surface area (Å²) in [4.78, 5) is 4.36. The molecule has 1 aromatic carbocycles. The van der Waals surface area contributed by atoms with E-state index in [2.05, 4.69) is 34.5 Å². The number of rotatable bonds is 5. The minimum atomic E-state index is 0.138. The molecule has 3 aromatic rings. The lowest BCUT2D eigenvalue weighted by atomic mass is 10.2. The molecule has 0 aliphatic carbocycles. The van der Waals surface area contributed by atoms with Gasteiger partial charge in [0.1, 0.15) is 5.82 Å². The first-order chi connectivity index (χ1) is 10.2. The third-order valence-corrected chi connectivity index (χ3v) is 3.45. The van der Waals surface area contributed by atoms with Gasteiger partial charge in [-0.25, -0.2) is 4.98 Å². The molecule has 1 N–H and O–H groups in total. The second kappa shape index (κ2) is 5.83. The first kappa shape index (κ1) is 13.4. The highest BCUT2D eigenvalue weighted by Gasteiger charge is 2.10. The summed E-state index contributed by atoms with van der Waals surface area (Å²) in [5, 5.41) is 7.82. The highest BCUT2D eigenvalue weighted by atomic mass is 15.3. The van der Waals surface area contributed by atoms with Crippen molar-refractivity contribution in [1.29, 1.82) is 0 Å². The third kappa shape index (κ3) is 3.13. The molecule has 0 fully saturated rings. The van der Waals surface area contributed by atoms with Crippen molar-refractivity contribution in [3.05, 3.63) is 66.5 Å². The molecule has 0 aliphatic heterocycles. The van der Waals surface area contributed by atoms with Gasteiger partial charge in [0, 0.05) is 25.6 Å². The number of benzene rings is 1. The van der Waals surface area contributed by atoms with E-state index in [4.69, 9.17) is 0 Å². The SMILES string of the molecule is CC(Nc1cnn(Cc2ccccc2)c1)c1nccn1C. The molecular weight excluding hydrogens is 262 g/mol. The normalized spacial score (nSPS) is 12.3. The van der Waals surface area contributed by atoms with E-state index < -0.39 is 0 Å². The summed E-state index contributed by atoms with van der Waals surface area (Å²) < 4.78 is 3.95. The van der Waals surface area contributed by atoms with E-state index in [1.165, 1.54) is 5.56 Å². The van der Waals surface area contributed by atoms with Crippen LogP contribution in [-0.4, -0.2) is 19.3 Å². The lowest BCUT2D eigenvalue weighted by Gasteiger charge is -2.13. The zero-order chi connectivity index (χ0) is 14.7. The van der Waals surface area contributed by atoms with Crippen molar-refractivity contribution in [2.75, 3.05) is 5.32 Å². The molecule has 2 heterocycles. The fourth-order valence-electron chi connectivity index (χ4n) is 2.40. The number of hydrogen-bond donors (Lipinski definition) is 1. The van der Waals surface area contributed by atoms with Gasteiger partial charge in [0.2, 0.25) is 0 Å². The molecule has 0 bridgehead atoms. The Bertz CT molecular complexity index is 698. The molecule has 3 rings (SSSR count). The third-order valence-electron chi connectivity index (χ3n) is 3.45. The first-order valence-corrected chi connectivity index (χ1v) is 7.02. The maximum atomic E-state index is 4.40. The van der Waals surface area contributed by atoms with Crippen LogP contribution in [0.2, 0.25) is 0 Å². The number of hydrogen-bond acceptors (Lipinski definition) is 3. The van der Waals surface area contributed by atoms with Crippen LogP contribution in [0.25, 0.3) is 0 Å². The van der Waals surface area contributed by atoms with Gasteiger partial charge in [0.05, 0.1) is 24.5 Å². The van der Waals surface area contributed by atoms with E-state index in [1.807, 2.05) is 59.3 Å². The molecule has 5 nitrogen and oxygen atoms in total. The van der Waals surface area contributed by atoms with Gasteiger partial charge < -0.3 is 9.88 Å². The summed E-state index contributed by atoms with van der Waals surface area (Å²) in [6, 6.07) is 10.5. The van der Waals surface area contributed by atoms with Crippen LogP contribution >= 0.6 is 0 Å². The van der Waals surface area contributed by atoms with Gasteiger partial charge in [-0.1, -0.05) is 30.3 Å². The smallest absolute Gasteiger partial charge is 0.130 e. The summed E-state index contributed by atoms with van der Waals surface area (Å²) in [6.45, 7) is 2.87. The van der Waals surface area contributed by atoms with Gasteiger partial charge >= 0.3 is 0 Å². The minimum Gasteiger partial charge on any atom is -0.373 e. The van der Waals surface area contributed by atoms with E-state index >= 15 is 0 Å². The summed E-state index contributed by atoms with van der Waals surface area (Å²) in [5.74, 6) is 1.01. The maximum absolute atomic E-state index is 4.40. The summed E-state index contributed by atoms with van der Waals surface area (Å²) in [5.41, 5.74) is 2.24. The second-order valence-electron chi connectivity index (χ2n) is 5.17. The second-order valence-corrected chi connectivity index (χ2v) is 5.17. The van der Waals surface area contributed by atoms with Crippen molar-refractivity contribution in [1.82, 2.24) is 19.3 Å². The number of aryl methyl sites for hydroxylation is 1. The monoisotopic (exact) mass is 281 g/mol. The molecular formula is C16H19N5. The fraction of sp³-hybridized carbons (Fsp3) is 0.250. The highest BCUT2D eigenvalue weighted by molar-refractivity contribution is 5.40. The highest BCUT2D eigenvalue weighted by Crippen LogP contribution is 2.17. The topological polar surface area (TPSA) is 47.7 Å². The van der Waals surface area contributed by atoms with Gasteiger partial charge in [0.15, 0.2) is 0 Å². The summed E-state index contributed by atoms with van der Waals surface area (Å²) in [6.07, 6.45) is 7.63. The van der Waals surface area contributed by atoms with Crippen LogP contribution in [0.4, 0.5) is 5.69 Å². The van der Waals surface area contributed by atoms with Crippen LogP contribution < -0.4 is 5.32 Å². The molecule has 5 heteroatoms. The molecule has 0 radical (unpaired) electrons. The van der Waals surface area contributed by atoms with Gasteiger partial charge in [-0.3, -0.25) is 4.68 Å². The van der Waals surface area contributed by atoms with Crippen LogP contribution in [0, 0.1) is 0 Å². The quantitative estimate of drug-likeness (QED) is 0.782. The van der Waals surface area contributed by atoms with E-state index in [9.17, 15) is 0 Å². The molecule has 0 amide bonds. The number of aromatic nitrogens is 4. The average Bonchev–Trinajstić information content (AvgIpc) is 3.09. The number of nitrogens with one attached hydrogen (secondary N) is 1. The predicted octanol–water partition coefficient (Wildman–Crippen LogP) is 2.84. The Balaban J connectivity index is 1.67. The number of imidazole rings is 1. The zero-order valence-corrected chi connectivity index (χ0v) is 12.3. The lowest BCUT2D eigenvalue weighted by Crippen LogP contribution is -2.11. The fourth-order valence-corrected chi connectivity index (χ4v) is 2.40. The van der Waals surface area contributed by atoms with Crippen molar-refractivity contribution in [2.45, 2.75) is 19.5 Å². The Labute approximate surface area is 124 Å². The van der Waals surface area contributed by atoms with E-state index in [0.29, 0.717) is 0 Å². The van der Waals surface area contributed by atoms with Crippen LogP contribution in [0.3, 0.4) is 0 Å². The van der Waals surface area contributed by atoms with Gasteiger partial charge in [-0.05, 0) is 12.5 Å². The molecule has 1 unspecified atom stereocenters. The minimum absolute atomic E-state index is 0.138. The molecule has 0 spiro atoms. The van der Waals surface area contributed by atoms with E-state index in [-0.39, 0.29) is 6.04 Å². The van der Waals surface area contributed by atoms with Crippen molar-refractivity contribution in [2.24, 2.45) is 7.05 Å². The molecule has 0 saturated heterocycles. The standard InChI is InChI=1S/C16H19N5/c1-13(16-17-8-9-20(16)2)19-15-10-18-21(12-15)11-14-6-4-3-5-7-14/h3-10,12-13,19H,11H2,1-2H3. The van der Waals surface area contributed by atoms with Crippen LogP contribution in [0.1, 0.15) is 24.4 Å². The zero-order valence-electron chi connectivity index (χ0n) is 12.3. The molecule has 1 atom stereocenters. The van der Waals surface area contributed by atoms with E-state index in [0.717, 1.165) is 18.1 Å². The molecule has 2 aromatic heterocycles. The van der Waals surface area contributed by atoms with Gasteiger partial charge in [0.25, 0.3) is 0 Å². The molecule has 108 valence electrons. The van der Waals surface area contributed by atoms with Crippen LogP contribution in [0.5, 0.6) is 0 Å². The average molecular weight is 281 g/mol. The van der Waals surface area contributed by atoms with Crippen molar-refractivity contribution >= 4 is 5.69 Å². The molecule has 21 heavy (non-hydrogen) atoms. The van der Waals surface area contributed by atoms with Crippen LogP contribution in [0.15, 0.2) is 55.1 Å². The van der Waals surface area contributed by atoms with Gasteiger partial charge in [-0.2, -0.15) is 5.10 Å². The Morgan fingerprint density at radius 3 is 2.76 bits per heavy atom. The predicted molar refractivity (Wildman–Crippen MR) is 83.0 cm³/mol. The largest absolute Gasteiger partial charge is 0.373 e. The Kier molecular flexibility index (Phi) is 3.73. The van der Waals surface area contributed by atoms with E-state index in [1.54, 1.807) is 0 Å². The van der Waals surface area contributed by atoms with Crippen LogP contribution in [-0.2, 0) is 13.6 Å². The Morgan fingerprint density at radius 2 is 2.05 bits per heavy atom. The molecule has 0 aliphatic rings. The first-order valence-electron chi connectivity index (χ1n) is 7.02. The number of nitrogens with zero attached hydrogens (tertiary/aromatic N) is 4. The maximum Gasteiger partial charge on any atom is 0.130 e. The van der Waals surface area contributed by atoms with Crippen molar-refractivity contribution in [3.63, 3.8) is 0 Å². The molecule has 0 saturated carbocycles. The van der Waals surface area contributed by atoms with Gasteiger partial charge in [-0.15, -0.1) is 0 Å². The van der Waals surface area contributed by atoms with Crippen molar-refractivity contribution in [3.8, 4) is 0 Å². The van der Waals surface area contributed by atoms with Crippen molar-refractivity contribution < 1.29 is 0 Å². The Morgan fingerprint density at radius 1 is 1.24 bits per heavy atom. The Hall–Kier alpha value is -2.56. The number of anilines is 1. The summed E-state index contributed by atoms with van der Waals surface area (Å²) in [7, 11) is 2.00. The lowest BCUT2D eigenvalue weighted by molar-refractivity contribution is 0.686.